The smallest absolute Gasteiger partial charge is 0.164 e. The van der Waals surface area contributed by atoms with Gasteiger partial charge < -0.3 is 35.3 Å². The molecule has 0 amide bonds. The molecular formula is C19H28N6O4. The molecule has 2 unspecified atom stereocenters. The van der Waals surface area contributed by atoms with Gasteiger partial charge >= 0.3 is 0 Å². The first-order valence-electron chi connectivity index (χ1n) is 10.2. The number of aliphatic hydroxyl groups excluding tert-OH is 2. The fourth-order valence-electron chi connectivity index (χ4n) is 4.88. The number of anilines is 1. The largest absolute Gasteiger partial charge is 0.387 e. The van der Waals surface area contributed by atoms with E-state index in [4.69, 9.17) is 15.2 Å². The summed E-state index contributed by atoms with van der Waals surface area (Å²) in [7, 11) is 0. The molecule has 0 bridgehead atoms. The van der Waals surface area contributed by atoms with Crippen LogP contribution in [0.3, 0.4) is 0 Å². The molecule has 5 atom stereocenters. The Bertz CT molecular complexity index is 864. The summed E-state index contributed by atoms with van der Waals surface area (Å²) in [6.07, 6.45) is 1.94. The highest BCUT2D eigenvalue weighted by Crippen LogP contribution is 2.34. The molecule has 0 saturated carbocycles. The van der Waals surface area contributed by atoms with E-state index in [9.17, 15) is 10.2 Å². The minimum absolute atomic E-state index is 0.164. The van der Waals surface area contributed by atoms with E-state index in [0.29, 0.717) is 23.4 Å². The second-order valence-electron chi connectivity index (χ2n) is 8.31. The van der Waals surface area contributed by atoms with Gasteiger partial charge in [0.25, 0.3) is 0 Å². The van der Waals surface area contributed by atoms with Gasteiger partial charge in [0, 0.05) is 32.4 Å². The summed E-state index contributed by atoms with van der Waals surface area (Å²) >= 11 is 0. The van der Waals surface area contributed by atoms with Crippen LogP contribution in [0.25, 0.3) is 11.0 Å². The number of piperidine rings is 1. The third-order valence-electron chi connectivity index (χ3n) is 6.34. The molecule has 1 spiro atoms. The Morgan fingerprint density at radius 3 is 3.03 bits per heavy atom. The Morgan fingerprint density at radius 2 is 2.21 bits per heavy atom. The van der Waals surface area contributed by atoms with E-state index in [2.05, 4.69) is 20.2 Å². The van der Waals surface area contributed by atoms with Gasteiger partial charge in [0.2, 0.25) is 0 Å². The summed E-state index contributed by atoms with van der Waals surface area (Å²) in [4.78, 5) is 10.5. The summed E-state index contributed by atoms with van der Waals surface area (Å²) in [5.41, 5.74) is 6.32. The minimum Gasteiger partial charge on any atom is -0.387 e. The van der Waals surface area contributed by atoms with E-state index >= 15 is 0 Å². The van der Waals surface area contributed by atoms with Crippen molar-refractivity contribution in [2.75, 3.05) is 45.1 Å². The number of hydrogen-bond donors (Lipinski definition) is 4. The van der Waals surface area contributed by atoms with E-state index in [1.165, 1.54) is 6.33 Å². The number of nitrogens with two attached hydrogens (primary N) is 1. The highest BCUT2D eigenvalue weighted by molar-refractivity contribution is 5.86. The van der Waals surface area contributed by atoms with Gasteiger partial charge in [-0.15, -0.1) is 0 Å². The van der Waals surface area contributed by atoms with Crippen LogP contribution in [0.15, 0.2) is 18.6 Å². The van der Waals surface area contributed by atoms with Gasteiger partial charge in [0.1, 0.15) is 36.1 Å². The van der Waals surface area contributed by atoms with Gasteiger partial charge in [-0.3, -0.25) is 4.90 Å². The van der Waals surface area contributed by atoms with Crippen LogP contribution >= 0.6 is 0 Å². The maximum absolute atomic E-state index is 10.7. The molecule has 0 radical (unpaired) electrons. The molecular weight excluding hydrogens is 376 g/mol. The topological polar surface area (TPSA) is 131 Å². The van der Waals surface area contributed by atoms with Crippen molar-refractivity contribution < 1.29 is 19.7 Å². The lowest BCUT2D eigenvalue weighted by Crippen LogP contribution is -2.59. The number of rotatable bonds is 3. The van der Waals surface area contributed by atoms with Crippen LogP contribution < -0.4 is 11.1 Å². The van der Waals surface area contributed by atoms with E-state index in [-0.39, 0.29) is 5.60 Å². The molecule has 10 heteroatoms. The summed E-state index contributed by atoms with van der Waals surface area (Å²) in [5.74, 6) is 0.373. The number of aliphatic hydroxyl groups is 2. The molecule has 0 aliphatic carbocycles. The van der Waals surface area contributed by atoms with Crippen molar-refractivity contribution in [1.82, 2.24) is 24.8 Å². The van der Waals surface area contributed by atoms with Crippen molar-refractivity contribution in [1.29, 1.82) is 0 Å². The van der Waals surface area contributed by atoms with Gasteiger partial charge in [0.05, 0.1) is 17.6 Å². The first-order chi connectivity index (χ1) is 14.1. The standard InChI is InChI=1S/C19H28N6O4/c20-16-12-2-6-25(17(12)23-11-22-16)18-15(27)14(26)13(29-18)8-24-5-1-3-19(10-24)9-21-4-7-28-19/h2,6,11,13-15,18,21,26-27H,1,3-5,7-10H2,(H2,20,22,23)/t13-,14-,15-,18?,19?/m1/s1. The number of aromatic nitrogens is 3. The fourth-order valence-corrected chi connectivity index (χ4v) is 4.88. The van der Waals surface area contributed by atoms with Crippen molar-refractivity contribution >= 4 is 16.9 Å². The van der Waals surface area contributed by atoms with Crippen LogP contribution in [0.4, 0.5) is 5.82 Å². The number of nitrogen functional groups attached to an aromatic ring is 1. The Morgan fingerprint density at radius 1 is 1.31 bits per heavy atom. The molecule has 3 aliphatic rings. The van der Waals surface area contributed by atoms with Crippen LogP contribution in [0, 0.1) is 0 Å². The average molecular weight is 404 g/mol. The van der Waals surface area contributed by atoms with Gasteiger partial charge in [0.15, 0.2) is 6.23 Å². The number of morpholine rings is 1. The molecule has 3 aliphatic heterocycles. The number of hydrogen-bond acceptors (Lipinski definition) is 9. The van der Waals surface area contributed by atoms with Gasteiger partial charge in [-0.25, -0.2) is 9.97 Å². The zero-order valence-corrected chi connectivity index (χ0v) is 16.3. The van der Waals surface area contributed by atoms with Crippen molar-refractivity contribution in [2.45, 2.75) is 43.0 Å². The molecule has 5 N–H and O–H groups in total. The van der Waals surface area contributed by atoms with Crippen LogP contribution in [0.2, 0.25) is 0 Å². The molecule has 3 saturated heterocycles. The molecule has 3 fully saturated rings. The highest BCUT2D eigenvalue weighted by atomic mass is 16.6. The van der Waals surface area contributed by atoms with E-state index in [1.807, 2.05) is 0 Å². The second-order valence-corrected chi connectivity index (χ2v) is 8.31. The quantitative estimate of drug-likeness (QED) is 0.513. The zero-order chi connectivity index (χ0) is 20.0. The maximum atomic E-state index is 10.7. The molecule has 2 aromatic heterocycles. The molecule has 2 aromatic rings. The Balaban J connectivity index is 1.31. The first kappa shape index (κ1) is 19.2. The lowest BCUT2D eigenvalue weighted by atomic mass is 9.91. The van der Waals surface area contributed by atoms with Gasteiger partial charge in [-0.05, 0) is 25.5 Å². The van der Waals surface area contributed by atoms with E-state index < -0.39 is 24.5 Å². The van der Waals surface area contributed by atoms with Crippen molar-refractivity contribution in [3.8, 4) is 0 Å². The lowest BCUT2D eigenvalue weighted by Gasteiger charge is -2.45. The van der Waals surface area contributed by atoms with Crippen molar-refractivity contribution in [2.24, 2.45) is 0 Å². The summed E-state index contributed by atoms with van der Waals surface area (Å²) in [5, 5.41) is 25.5. The van der Waals surface area contributed by atoms with Crippen LogP contribution in [-0.4, -0.2) is 92.9 Å². The van der Waals surface area contributed by atoms with Crippen LogP contribution in [0.5, 0.6) is 0 Å². The van der Waals surface area contributed by atoms with Crippen LogP contribution in [0.1, 0.15) is 19.1 Å². The molecule has 5 rings (SSSR count). The number of ether oxygens (including phenoxy) is 2. The normalized spacial score (nSPS) is 36.2. The zero-order valence-electron chi connectivity index (χ0n) is 16.3. The lowest BCUT2D eigenvalue weighted by molar-refractivity contribution is -0.116. The molecule has 10 nitrogen and oxygen atoms in total. The SMILES string of the molecule is Nc1ncnc2c1ccn2C1O[C@H](CN2CCCC3(CNCCO3)C2)[C@@H](O)[C@H]1O. The third-order valence-corrected chi connectivity index (χ3v) is 6.34. The maximum Gasteiger partial charge on any atom is 0.164 e. The second kappa shape index (κ2) is 7.46. The fraction of sp³-hybridized carbons (Fsp3) is 0.684. The monoisotopic (exact) mass is 404 g/mol. The Kier molecular flexibility index (Phi) is 4.93. The first-order valence-corrected chi connectivity index (χ1v) is 10.2. The van der Waals surface area contributed by atoms with E-state index in [0.717, 1.165) is 45.6 Å². The predicted molar refractivity (Wildman–Crippen MR) is 105 cm³/mol. The third kappa shape index (κ3) is 3.39. The number of nitrogens with one attached hydrogen (secondary N) is 1. The summed E-state index contributed by atoms with van der Waals surface area (Å²) < 4.78 is 13.9. The number of nitrogens with zero attached hydrogens (tertiary/aromatic N) is 4. The highest BCUT2D eigenvalue weighted by Gasteiger charge is 2.46. The number of likely N-dealkylation sites (tertiary alicyclic amines) is 1. The molecule has 0 aromatic carbocycles. The molecule has 158 valence electrons. The van der Waals surface area contributed by atoms with Gasteiger partial charge in [-0.2, -0.15) is 0 Å². The minimum atomic E-state index is -1.06. The van der Waals surface area contributed by atoms with Crippen LogP contribution in [-0.2, 0) is 9.47 Å². The number of fused-ring (bicyclic) bond motifs is 1. The summed E-state index contributed by atoms with van der Waals surface area (Å²) in [6.45, 7) is 4.72. The molecule has 29 heavy (non-hydrogen) atoms. The molecule has 5 heterocycles. The van der Waals surface area contributed by atoms with Crippen molar-refractivity contribution in [3.63, 3.8) is 0 Å². The Hall–Kier alpha value is -1.82. The van der Waals surface area contributed by atoms with Gasteiger partial charge in [-0.1, -0.05) is 0 Å². The van der Waals surface area contributed by atoms with E-state index in [1.54, 1.807) is 16.8 Å². The summed E-state index contributed by atoms with van der Waals surface area (Å²) in [6, 6.07) is 1.79. The predicted octanol–water partition coefficient (Wildman–Crippen LogP) is -0.913. The average Bonchev–Trinajstić information content (AvgIpc) is 3.26. The van der Waals surface area contributed by atoms with Crippen molar-refractivity contribution in [3.05, 3.63) is 18.6 Å². The Labute approximate surface area is 168 Å².